The number of nitrogens with one attached hydrogen (secondary N) is 2. The molecule has 6 nitrogen and oxygen atoms in total. The van der Waals surface area contributed by atoms with E-state index in [1.165, 1.54) is 6.42 Å². The first kappa shape index (κ1) is 19.7. The standard InChI is InChI=1S/C15H20N4O2.C3H8/c1-9(2)5-6-11-10(3)19(4)18-14(11)16-12-7-8-13(20)17-15(12)21;1-3-2/h5-6,12H,3,7-8H2,1-2,4H3,(H,16,18)(H,17,20,21);3H2,1-2H3/b11-6+;. The normalized spacial score (nSPS) is 17.7. The summed E-state index contributed by atoms with van der Waals surface area (Å²) in [7, 11) is 1.80. The average molecular weight is 332 g/mol. The van der Waals surface area contributed by atoms with Crippen LogP contribution in [0.1, 0.15) is 47.0 Å². The van der Waals surface area contributed by atoms with Crippen LogP contribution in [-0.2, 0) is 16.6 Å². The fourth-order valence-corrected chi connectivity index (χ4v) is 2.10. The van der Waals surface area contributed by atoms with Crippen LogP contribution in [-0.4, -0.2) is 27.6 Å². The lowest BCUT2D eigenvalue weighted by Gasteiger charge is -2.21. The van der Waals surface area contributed by atoms with E-state index >= 15 is 0 Å². The molecular formula is C18H28N4O2. The maximum atomic E-state index is 11.8. The number of nitrogens with zero attached hydrogens (tertiary/aromatic N) is 2. The van der Waals surface area contributed by atoms with Crippen LogP contribution in [0.4, 0.5) is 5.82 Å². The summed E-state index contributed by atoms with van der Waals surface area (Å²) < 4.78 is 1.67. The zero-order chi connectivity index (χ0) is 18.3. The Balaban J connectivity index is 0.000000891. The van der Waals surface area contributed by atoms with E-state index in [2.05, 4.69) is 36.2 Å². The Labute approximate surface area is 143 Å². The molecule has 6 heteroatoms. The zero-order valence-corrected chi connectivity index (χ0v) is 15.3. The van der Waals surface area contributed by atoms with Gasteiger partial charge in [0.2, 0.25) is 11.8 Å². The second-order valence-corrected chi connectivity index (χ2v) is 6.10. The molecule has 1 aliphatic rings. The fraction of sp³-hybridized carbons (Fsp3) is 0.500. The van der Waals surface area contributed by atoms with E-state index in [0.717, 1.165) is 16.1 Å². The van der Waals surface area contributed by atoms with Gasteiger partial charge in [0, 0.05) is 18.7 Å². The van der Waals surface area contributed by atoms with Gasteiger partial charge in [-0.3, -0.25) is 19.6 Å². The third-order valence-corrected chi connectivity index (χ3v) is 3.34. The molecule has 1 fully saturated rings. The molecule has 0 aliphatic carbocycles. The van der Waals surface area contributed by atoms with Gasteiger partial charge in [-0.05, 0) is 26.3 Å². The number of hydrogen-bond acceptors (Lipinski definition) is 4. The quantitative estimate of drug-likeness (QED) is 0.816. The molecular weight excluding hydrogens is 304 g/mol. The van der Waals surface area contributed by atoms with Crippen molar-refractivity contribution < 1.29 is 9.59 Å². The lowest BCUT2D eigenvalue weighted by atomic mass is 10.1. The molecule has 2 amide bonds. The van der Waals surface area contributed by atoms with Crippen molar-refractivity contribution in [3.8, 4) is 0 Å². The summed E-state index contributed by atoms with van der Waals surface area (Å²) in [4.78, 5) is 23.0. The molecule has 1 aromatic heterocycles. The van der Waals surface area contributed by atoms with Gasteiger partial charge in [0.25, 0.3) is 0 Å². The minimum atomic E-state index is -0.448. The summed E-state index contributed by atoms with van der Waals surface area (Å²) in [6, 6.07) is -0.448. The Morgan fingerprint density at radius 3 is 2.58 bits per heavy atom. The molecule has 0 saturated carbocycles. The third kappa shape index (κ3) is 5.37. The maximum Gasteiger partial charge on any atom is 0.249 e. The predicted octanol–water partition coefficient (Wildman–Crippen LogP) is 1.21. The smallest absolute Gasteiger partial charge is 0.249 e. The van der Waals surface area contributed by atoms with Crippen LogP contribution < -0.4 is 21.2 Å². The molecule has 24 heavy (non-hydrogen) atoms. The van der Waals surface area contributed by atoms with E-state index in [9.17, 15) is 9.59 Å². The van der Waals surface area contributed by atoms with Gasteiger partial charge in [0.15, 0.2) is 5.82 Å². The molecule has 2 heterocycles. The molecule has 1 atom stereocenters. The van der Waals surface area contributed by atoms with Gasteiger partial charge in [-0.15, -0.1) is 0 Å². The summed E-state index contributed by atoms with van der Waals surface area (Å²) in [6.45, 7) is 12.2. The van der Waals surface area contributed by atoms with Crippen LogP contribution in [0.15, 0.2) is 11.6 Å². The van der Waals surface area contributed by atoms with Crippen molar-refractivity contribution >= 4 is 30.3 Å². The van der Waals surface area contributed by atoms with Gasteiger partial charge in [-0.1, -0.05) is 38.5 Å². The maximum absolute atomic E-state index is 11.8. The van der Waals surface area contributed by atoms with Crippen molar-refractivity contribution in [3.63, 3.8) is 0 Å². The largest absolute Gasteiger partial charge is 0.356 e. The highest BCUT2D eigenvalue weighted by Crippen LogP contribution is 2.08. The average Bonchev–Trinajstić information content (AvgIpc) is 2.75. The number of allylic oxidation sites excluding steroid dienone is 2. The highest BCUT2D eigenvalue weighted by Gasteiger charge is 2.27. The first-order valence-corrected chi connectivity index (χ1v) is 8.27. The van der Waals surface area contributed by atoms with Gasteiger partial charge in [-0.2, -0.15) is 5.10 Å². The predicted molar refractivity (Wildman–Crippen MR) is 97.6 cm³/mol. The molecule has 1 unspecified atom stereocenters. The van der Waals surface area contributed by atoms with Crippen LogP contribution in [0, 0.1) is 0 Å². The molecule has 1 aliphatic heterocycles. The third-order valence-electron chi connectivity index (χ3n) is 3.34. The number of anilines is 1. The molecule has 1 saturated heterocycles. The van der Waals surface area contributed by atoms with Crippen molar-refractivity contribution in [2.24, 2.45) is 7.05 Å². The Morgan fingerprint density at radius 2 is 2.04 bits per heavy atom. The number of carbonyl (C=O) groups excluding carboxylic acids is 2. The summed E-state index contributed by atoms with van der Waals surface area (Å²) >= 11 is 0. The topological polar surface area (TPSA) is 76.0 Å². The molecule has 2 rings (SSSR count). The van der Waals surface area contributed by atoms with Crippen molar-refractivity contribution in [3.05, 3.63) is 22.2 Å². The number of carbonyl (C=O) groups is 2. The number of aromatic nitrogens is 2. The highest BCUT2D eigenvalue weighted by molar-refractivity contribution is 6.01. The molecule has 0 radical (unpaired) electrons. The van der Waals surface area contributed by atoms with Gasteiger partial charge in [-0.25, -0.2) is 0 Å². The number of hydrogen-bond donors (Lipinski definition) is 2. The van der Waals surface area contributed by atoms with E-state index in [0.29, 0.717) is 18.7 Å². The lowest BCUT2D eigenvalue weighted by Crippen LogP contribution is -2.48. The minimum Gasteiger partial charge on any atom is -0.356 e. The van der Waals surface area contributed by atoms with Crippen LogP contribution in [0.5, 0.6) is 0 Å². The van der Waals surface area contributed by atoms with E-state index in [1.807, 2.05) is 26.0 Å². The Morgan fingerprint density at radius 1 is 1.42 bits per heavy atom. The summed E-state index contributed by atoms with van der Waals surface area (Å²) in [5, 5.41) is 11.4. The lowest BCUT2D eigenvalue weighted by molar-refractivity contribution is -0.133. The first-order valence-electron chi connectivity index (χ1n) is 8.27. The second kappa shape index (κ2) is 9.05. The van der Waals surface area contributed by atoms with Gasteiger partial charge in [0.1, 0.15) is 6.04 Å². The molecule has 2 N–H and O–H groups in total. The van der Waals surface area contributed by atoms with Crippen molar-refractivity contribution in [2.75, 3.05) is 5.32 Å². The Bertz CT molecular complexity index is 727. The van der Waals surface area contributed by atoms with E-state index in [4.69, 9.17) is 0 Å². The second-order valence-electron chi connectivity index (χ2n) is 6.10. The minimum absolute atomic E-state index is 0.228. The first-order chi connectivity index (χ1) is 11.3. The molecule has 0 aromatic carbocycles. The van der Waals surface area contributed by atoms with Gasteiger partial charge < -0.3 is 5.32 Å². The summed E-state index contributed by atoms with van der Waals surface area (Å²) in [5.41, 5.74) is 1.16. The fourth-order valence-electron chi connectivity index (χ4n) is 2.10. The summed E-state index contributed by atoms with van der Waals surface area (Å²) in [5.74, 6) is 0.0680. The van der Waals surface area contributed by atoms with Crippen LogP contribution in [0.3, 0.4) is 0 Å². The monoisotopic (exact) mass is 332 g/mol. The molecule has 132 valence electrons. The van der Waals surface area contributed by atoms with Crippen LogP contribution in [0.2, 0.25) is 0 Å². The number of rotatable bonds is 3. The van der Waals surface area contributed by atoms with Crippen LogP contribution in [0.25, 0.3) is 12.7 Å². The van der Waals surface area contributed by atoms with Crippen LogP contribution >= 0.6 is 0 Å². The highest BCUT2D eigenvalue weighted by atomic mass is 16.2. The van der Waals surface area contributed by atoms with Crippen molar-refractivity contribution in [1.82, 2.24) is 15.1 Å². The van der Waals surface area contributed by atoms with Crippen molar-refractivity contribution in [2.45, 2.75) is 53.0 Å². The zero-order valence-electron chi connectivity index (χ0n) is 15.3. The Hall–Kier alpha value is -2.37. The van der Waals surface area contributed by atoms with Gasteiger partial charge >= 0.3 is 0 Å². The van der Waals surface area contributed by atoms with E-state index < -0.39 is 6.04 Å². The number of amides is 2. The van der Waals surface area contributed by atoms with E-state index in [1.54, 1.807) is 11.7 Å². The number of imide groups is 1. The van der Waals surface area contributed by atoms with E-state index in [-0.39, 0.29) is 11.8 Å². The molecule has 0 spiro atoms. The van der Waals surface area contributed by atoms with Crippen molar-refractivity contribution in [1.29, 1.82) is 0 Å². The summed E-state index contributed by atoms with van der Waals surface area (Å²) in [6.07, 6.45) is 5.95. The SMILES string of the molecule is C=c1/c(=C\C=C(C)C)c(NC2CCC(=O)NC2=O)nn1C.CCC. The Kier molecular flexibility index (Phi) is 7.42. The number of piperidine rings is 1. The molecule has 0 bridgehead atoms. The van der Waals surface area contributed by atoms with Gasteiger partial charge in [0.05, 0.1) is 5.35 Å². The number of aryl methyl sites for hydroxylation is 1. The molecule has 1 aromatic rings.